The van der Waals surface area contributed by atoms with Gasteiger partial charge < -0.3 is 10.5 Å². The molecule has 2 nitrogen and oxygen atoms in total. The summed E-state index contributed by atoms with van der Waals surface area (Å²) in [6, 6.07) is 6.83. The van der Waals surface area contributed by atoms with Crippen molar-refractivity contribution < 1.29 is 9.13 Å². The van der Waals surface area contributed by atoms with Crippen LogP contribution < -0.4 is 5.73 Å². The molecule has 100 valence electrons. The minimum Gasteiger partial charge on any atom is -0.378 e. The average molecular weight is 251 g/mol. The first-order valence-corrected chi connectivity index (χ1v) is 6.85. The molecule has 1 aliphatic rings. The molecule has 0 aliphatic carbocycles. The third-order valence-corrected chi connectivity index (χ3v) is 3.51. The van der Waals surface area contributed by atoms with E-state index in [-0.39, 0.29) is 11.9 Å². The first-order valence-electron chi connectivity index (χ1n) is 6.85. The molecule has 2 rings (SSSR count). The van der Waals surface area contributed by atoms with Crippen LogP contribution in [0.3, 0.4) is 0 Å². The van der Waals surface area contributed by atoms with Crippen molar-refractivity contribution in [2.24, 2.45) is 5.73 Å². The Morgan fingerprint density at radius 2 is 2.33 bits per heavy atom. The number of ether oxygens (including phenoxy) is 1. The predicted octanol–water partition coefficient (Wildman–Crippen LogP) is 3.04. The van der Waals surface area contributed by atoms with Gasteiger partial charge in [0, 0.05) is 12.6 Å². The van der Waals surface area contributed by atoms with Gasteiger partial charge in [0.1, 0.15) is 5.82 Å². The largest absolute Gasteiger partial charge is 0.378 e. The second kappa shape index (κ2) is 6.86. The van der Waals surface area contributed by atoms with Crippen LogP contribution >= 0.6 is 0 Å². The Kier molecular flexibility index (Phi) is 5.14. The van der Waals surface area contributed by atoms with Gasteiger partial charge in [0.25, 0.3) is 0 Å². The molecule has 0 bridgehead atoms. The highest BCUT2D eigenvalue weighted by Gasteiger charge is 2.15. The van der Waals surface area contributed by atoms with Crippen molar-refractivity contribution in [1.29, 1.82) is 0 Å². The summed E-state index contributed by atoms with van der Waals surface area (Å²) in [6.07, 6.45) is 6.78. The summed E-state index contributed by atoms with van der Waals surface area (Å²) in [4.78, 5) is 0. The predicted molar refractivity (Wildman–Crippen MR) is 70.9 cm³/mol. The van der Waals surface area contributed by atoms with Crippen molar-refractivity contribution >= 4 is 0 Å². The lowest BCUT2D eigenvalue weighted by molar-refractivity contribution is 0.101. The van der Waals surface area contributed by atoms with Crippen molar-refractivity contribution in [3.63, 3.8) is 0 Å². The Hall–Kier alpha value is -0.930. The quantitative estimate of drug-likeness (QED) is 0.843. The van der Waals surface area contributed by atoms with E-state index in [2.05, 4.69) is 0 Å². The van der Waals surface area contributed by atoms with Crippen LogP contribution in [0, 0.1) is 5.82 Å². The number of benzene rings is 1. The van der Waals surface area contributed by atoms with E-state index in [1.165, 1.54) is 18.9 Å². The van der Waals surface area contributed by atoms with E-state index < -0.39 is 0 Å². The third kappa shape index (κ3) is 4.39. The van der Waals surface area contributed by atoms with Crippen molar-refractivity contribution in [3.05, 3.63) is 35.6 Å². The smallest absolute Gasteiger partial charge is 0.123 e. The highest BCUT2D eigenvalue weighted by molar-refractivity contribution is 5.17. The number of hydrogen-bond donors (Lipinski definition) is 1. The van der Waals surface area contributed by atoms with E-state index in [1.807, 2.05) is 6.07 Å². The summed E-state index contributed by atoms with van der Waals surface area (Å²) in [7, 11) is 0. The molecule has 0 aromatic heterocycles. The topological polar surface area (TPSA) is 35.2 Å². The normalized spacial score (nSPS) is 21.1. The van der Waals surface area contributed by atoms with Gasteiger partial charge in [-0.15, -0.1) is 0 Å². The monoisotopic (exact) mass is 251 g/mol. The first kappa shape index (κ1) is 13.5. The fourth-order valence-corrected chi connectivity index (χ4v) is 2.55. The molecule has 0 amide bonds. The lowest BCUT2D eigenvalue weighted by atomic mass is 10.00. The van der Waals surface area contributed by atoms with Gasteiger partial charge in [-0.25, -0.2) is 4.39 Å². The van der Waals surface area contributed by atoms with Crippen LogP contribution in [0.5, 0.6) is 0 Å². The maximum Gasteiger partial charge on any atom is 0.123 e. The number of nitrogens with two attached hydrogens (primary N) is 1. The molecule has 1 saturated heterocycles. The second-order valence-corrected chi connectivity index (χ2v) is 5.16. The molecule has 1 aromatic rings. The molecule has 1 heterocycles. The standard InChI is InChI=1S/C15H22FNO/c16-13-5-1-4-12(10-13)11-14(17)6-2-7-15-8-3-9-18-15/h1,4-5,10,14-15H,2-3,6-9,11,17H2. The summed E-state index contributed by atoms with van der Waals surface area (Å²) in [6.45, 7) is 0.917. The minimum absolute atomic E-state index is 0.119. The van der Waals surface area contributed by atoms with Gasteiger partial charge in [0.15, 0.2) is 0 Å². The molecule has 2 atom stereocenters. The summed E-state index contributed by atoms with van der Waals surface area (Å²) in [5, 5.41) is 0. The fourth-order valence-electron chi connectivity index (χ4n) is 2.55. The van der Waals surface area contributed by atoms with Crippen molar-refractivity contribution in [2.45, 2.75) is 50.7 Å². The Morgan fingerprint density at radius 3 is 3.06 bits per heavy atom. The molecular formula is C15H22FNO. The van der Waals surface area contributed by atoms with Crippen LogP contribution in [0.25, 0.3) is 0 Å². The summed E-state index contributed by atoms with van der Waals surface area (Å²) in [5.41, 5.74) is 7.06. The van der Waals surface area contributed by atoms with Gasteiger partial charge in [-0.2, -0.15) is 0 Å². The van der Waals surface area contributed by atoms with E-state index in [0.29, 0.717) is 6.10 Å². The highest BCUT2D eigenvalue weighted by atomic mass is 19.1. The van der Waals surface area contributed by atoms with Gasteiger partial charge in [-0.05, 0) is 56.2 Å². The molecule has 0 spiro atoms. The van der Waals surface area contributed by atoms with E-state index >= 15 is 0 Å². The maximum absolute atomic E-state index is 13.0. The van der Waals surface area contributed by atoms with Gasteiger partial charge >= 0.3 is 0 Å². The summed E-state index contributed by atoms with van der Waals surface area (Å²) in [5.74, 6) is -0.181. The number of halogens is 1. The van der Waals surface area contributed by atoms with Gasteiger partial charge in [0.05, 0.1) is 6.10 Å². The maximum atomic E-state index is 13.0. The molecule has 18 heavy (non-hydrogen) atoms. The van der Waals surface area contributed by atoms with Crippen LogP contribution in [0.2, 0.25) is 0 Å². The lowest BCUT2D eigenvalue weighted by Crippen LogP contribution is -2.23. The molecule has 0 radical (unpaired) electrons. The molecule has 0 saturated carbocycles. The Balaban J connectivity index is 1.66. The number of rotatable bonds is 6. The van der Waals surface area contributed by atoms with E-state index in [4.69, 9.17) is 10.5 Å². The molecule has 2 N–H and O–H groups in total. The first-order chi connectivity index (χ1) is 8.74. The molecular weight excluding hydrogens is 229 g/mol. The SMILES string of the molecule is NC(CCCC1CCCO1)Cc1cccc(F)c1. The molecule has 3 heteroatoms. The second-order valence-electron chi connectivity index (χ2n) is 5.16. The zero-order valence-corrected chi connectivity index (χ0v) is 10.8. The zero-order chi connectivity index (χ0) is 12.8. The van der Waals surface area contributed by atoms with Crippen molar-refractivity contribution in [1.82, 2.24) is 0 Å². The third-order valence-electron chi connectivity index (χ3n) is 3.51. The Labute approximate surface area is 108 Å². The van der Waals surface area contributed by atoms with E-state index in [9.17, 15) is 4.39 Å². The van der Waals surface area contributed by atoms with Crippen LogP contribution in [0.15, 0.2) is 24.3 Å². The van der Waals surface area contributed by atoms with Crippen LogP contribution in [0.1, 0.15) is 37.7 Å². The average Bonchev–Trinajstić information content (AvgIpc) is 2.82. The van der Waals surface area contributed by atoms with Crippen molar-refractivity contribution in [3.8, 4) is 0 Å². The molecule has 1 aliphatic heterocycles. The Bertz CT molecular complexity index is 363. The van der Waals surface area contributed by atoms with Gasteiger partial charge in [-0.1, -0.05) is 12.1 Å². The summed E-state index contributed by atoms with van der Waals surface area (Å²) >= 11 is 0. The molecule has 1 fully saturated rings. The van der Waals surface area contributed by atoms with E-state index in [1.54, 1.807) is 12.1 Å². The fraction of sp³-hybridized carbons (Fsp3) is 0.600. The Morgan fingerprint density at radius 1 is 1.44 bits per heavy atom. The highest BCUT2D eigenvalue weighted by Crippen LogP contribution is 2.18. The van der Waals surface area contributed by atoms with Gasteiger partial charge in [0.2, 0.25) is 0 Å². The lowest BCUT2D eigenvalue weighted by Gasteiger charge is -2.13. The van der Waals surface area contributed by atoms with Crippen LogP contribution in [0.4, 0.5) is 4.39 Å². The van der Waals surface area contributed by atoms with Crippen molar-refractivity contribution in [2.75, 3.05) is 6.61 Å². The number of hydrogen-bond acceptors (Lipinski definition) is 2. The van der Waals surface area contributed by atoms with Crippen LogP contribution in [-0.4, -0.2) is 18.8 Å². The molecule has 2 unspecified atom stereocenters. The van der Waals surface area contributed by atoms with Crippen LogP contribution in [-0.2, 0) is 11.2 Å². The van der Waals surface area contributed by atoms with Gasteiger partial charge in [-0.3, -0.25) is 0 Å². The minimum atomic E-state index is -0.181. The zero-order valence-electron chi connectivity index (χ0n) is 10.8. The molecule has 1 aromatic carbocycles. The summed E-state index contributed by atoms with van der Waals surface area (Å²) < 4.78 is 18.6. The van der Waals surface area contributed by atoms with E-state index in [0.717, 1.165) is 37.9 Å².